The number of rotatable bonds is 6. The van der Waals surface area contributed by atoms with E-state index in [-0.39, 0.29) is 12.0 Å². The molecule has 1 aliphatic heterocycles. The van der Waals surface area contributed by atoms with Crippen LogP contribution in [0.2, 0.25) is 10.0 Å². The zero-order chi connectivity index (χ0) is 23.0. The van der Waals surface area contributed by atoms with Gasteiger partial charge >= 0.3 is 0 Å². The van der Waals surface area contributed by atoms with Crippen LogP contribution in [0.5, 0.6) is 11.5 Å². The van der Waals surface area contributed by atoms with Gasteiger partial charge in [-0.1, -0.05) is 41.4 Å². The molecule has 0 fully saturated rings. The molecule has 166 valence electrons. The van der Waals surface area contributed by atoms with E-state index in [1.54, 1.807) is 24.1 Å². The van der Waals surface area contributed by atoms with Gasteiger partial charge in [-0.05, 0) is 68.3 Å². The van der Waals surface area contributed by atoms with Gasteiger partial charge in [0.05, 0.1) is 19.8 Å². The van der Waals surface area contributed by atoms with Gasteiger partial charge in [0, 0.05) is 27.4 Å². The van der Waals surface area contributed by atoms with Crippen molar-refractivity contribution in [1.82, 2.24) is 0 Å². The van der Waals surface area contributed by atoms with Crippen molar-refractivity contribution in [3.8, 4) is 11.5 Å². The molecule has 1 unspecified atom stereocenters. The number of hydrogen-bond donors (Lipinski definition) is 0. The maximum absolute atomic E-state index is 13.9. The molecule has 32 heavy (non-hydrogen) atoms. The van der Waals surface area contributed by atoms with Gasteiger partial charge in [0.2, 0.25) is 5.91 Å². The highest BCUT2D eigenvalue weighted by atomic mass is 35.5. The van der Waals surface area contributed by atoms with E-state index in [0.717, 1.165) is 28.1 Å². The van der Waals surface area contributed by atoms with Crippen LogP contribution in [0, 0.1) is 0 Å². The Labute approximate surface area is 198 Å². The van der Waals surface area contributed by atoms with Crippen molar-refractivity contribution in [2.75, 3.05) is 12.0 Å². The number of halogens is 2. The van der Waals surface area contributed by atoms with Crippen molar-refractivity contribution in [2.24, 2.45) is 0 Å². The van der Waals surface area contributed by atoms with Gasteiger partial charge in [-0.2, -0.15) is 0 Å². The maximum atomic E-state index is 13.9. The summed E-state index contributed by atoms with van der Waals surface area (Å²) in [6, 6.07) is 18.7. The summed E-state index contributed by atoms with van der Waals surface area (Å²) >= 11 is 12.9. The largest absolute Gasteiger partial charge is 0.496 e. The summed E-state index contributed by atoms with van der Waals surface area (Å²) in [6.07, 6.45) is 0.0543. The van der Waals surface area contributed by atoms with Crippen LogP contribution in [-0.4, -0.2) is 19.1 Å². The number of fused-ring (bicyclic) bond motifs is 1. The second-order valence-electron chi connectivity index (χ2n) is 8.30. The van der Waals surface area contributed by atoms with Crippen LogP contribution in [0.3, 0.4) is 0 Å². The average molecular weight is 470 g/mol. The van der Waals surface area contributed by atoms with E-state index in [2.05, 4.69) is 0 Å². The summed E-state index contributed by atoms with van der Waals surface area (Å²) < 4.78 is 11.4. The van der Waals surface area contributed by atoms with Crippen LogP contribution in [0.1, 0.15) is 37.5 Å². The van der Waals surface area contributed by atoms with E-state index in [0.29, 0.717) is 22.3 Å². The molecule has 6 heteroatoms. The molecular formula is C26H25Cl2NO3. The molecular weight excluding hydrogens is 445 g/mol. The number of methoxy groups -OCH3 is 1. The first-order chi connectivity index (χ1) is 15.3. The first-order valence-corrected chi connectivity index (χ1v) is 11.2. The molecule has 0 saturated heterocycles. The first-order valence-electron chi connectivity index (χ1n) is 10.5. The maximum Gasteiger partial charge on any atom is 0.242 e. The van der Waals surface area contributed by atoms with Crippen molar-refractivity contribution in [3.63, 3.8) is 0 Å². The fourth-order valence-corrected chi connectivity index (χ4v) is 4.79. The molecule has 3 aromatic carbocycles. The monoisotopic (exact) mass is 469 g/mol. The molecule has 1 amide bonds. The molecule has 0 aliphatic carbocycles. The third kappa shape index (κ3) is 3.82. The van der Waals surface area contributed by atoms with E-state index in [1.807, 2.05) is 69.3 Å². The minimum absolute atomic E-state index is 0.0543. The highest BCUT2D eigenvalue weighted by Crippen LogP contribution is 2.49. The normalized spacial score (nSPS) is 17.6. The van der Waals surface area contributed by atoms with E-state index in [4.69, 9.17) is 32.7 Å². The summed E-state index contributed by atoms with van der Waals surface area (Å²) in [7, 11) is 1.62. The molecule has 0 spiro atoms. The molecule has 4 rings (SSSR count). The van der Waals surface area contributed by atoms with Crippen LogP contribution in [0.25, 0.3) is 0 Å². The molecule has 0 bridgehead atoms. The molecule has 1 atom stereocenters. The highest BCUT2D eigenvalue weighted by molar-refractivity contribution is 6.32. The molecule has 1 heterocycles. The van der Waals surface area contributed by atoms with Crippen LogP contribution in [-0.2, 0) is 16.8 Å². The van der Waals surface area contributed by atoms with Crippen molar-refractivity contribution in [1.29, 1.82) is 0 Å². The minimum atomic E-state index is -0.952. The molecule has 1 aliphatic rings. The second kappa shape index (κ2) is 8.68. The Morgan fingerprint density at radius 1 is 1.00 bits per heavy atom. The van der Waals surface area contributed by atoms with Gasteiger partial charge in [-0.15, -0.1) is 0 Å². The summed E-state index contributed by atoms with van der Waals surface area (Å²) in [5.41, 5.74) is 2.33. The van der Waals surface area contributed by atoms with Gasteiger partial charge in [0.15, 0.2) is 0 Å². The van der Waals surface area contributed by atoms with E-state index in [9.17, 15) is 4.79 Å². The van der Waals surface area contributed by atoms with Crippen molar-refractivity contribution >= 4 is 34.8 Å². The number of carbonyl (C=O) groups is 1. The summed E-state index contributed by atoms with van der Waals surface area (Å²) in [5, 5.41) is 1.12. The molecule has 0 aromatic heterocycles. The lowest BCUT2D eigenvalue weighted by Crippen LogP contribution is -2.39. The number of anilines is 1. The number of benzene rings is 3. The summed E-state index contributed by atoms with van der Waals surface area (Å²) in [6.45, 7) is 6.20. The number of ether oxygens (including phenoxy) is 2. The molecule has 0 N–H and O–H groups in total. The zero-order valence-corrected chi connectivity index (χ0v) is 20.0. The predicted molar refractivity (Wildman–Crippen MR) is 129 cm³/mol. The SMILES string of the molecule is COc1cc(OC(C)C)ccc1CN1C(=O)C(C)(c2ccccc2Cl)c2cc(Cl)ccc21. The second-order valence-corrected chi connectivity index (χ2v) is 9.14. The topological polar surface area (TPSA) is 38.8 Å². The third-order valence-electron chi connectivity index (χ3n) is 5.83. The molecule has 0 radical (unpaired) electrons. The van der Waals surface area contributed by atoms with E-state index in [1.165, 1.54) is 0 Å². The minimum Gasteiger partial charge on any atom is -0.496 e. The number of hydrogen-bond acceptors (Lipinski definition) is 3. The highest BCUT2D eigenvalue weighted by Gasteiger charge is 2.49. The lowest BCUT2D eigenvalue weighted by molar-refractivity contribution is -0.121. The van der Waals surface area contributed by atoms with Crippen LogP contribution in [0.15, 0.2) is 60.7 Å². The Hall–Kier alpha value is -2.69. The zero-order valence-electron chi connectivity index (χ0n) is 18.5. The number of nitrogens with zero attached hydrogens (tertiary/aromatic N) is 1. The standard InChI is InChI=1S/C26H25Cl2NO3/c1-16(2)32-19-11-9-17(24(14-19)31-4)15-29-23-12-10-18(27)13-21(23)26(3,25(29)30)20-7-5-6-8-22(20)28/h5-14,16H,15H2,1-4H3. The van der Waals surface area contributed by atoms with Crippen LogP contribution in [0.4, 0.5) is 5.69 Å². The van der Waals surface area contributed by atoms with Gasteiger partial charge in [-0.3, -0.25) is 4.79 Å². The number of amides is 1. The van der Waals surface area contributed by atoms with Gasteiger partial charge in [0.1, 0.15) is 16.9 Å². The fraction of sp³-hybridized carbons (Fsp3) is 0.269. The van der Waals surface area contributed by atoms with Crippen LogP contribution < -0.4 is 14.4 Å². The first kappa shape index (κ1) is 22.5. The van der Waals surface area contributed by atoms with Gasteiger partial charge < -0.3 is 14.4 Å². The van der Waals surface area contributed by atoms with E-state index >= 15 is 0 Å². The Kier molecular flexibility index (Phi) is 6.11. The fourth-order valence-electron chi connectivity index (χ4n) is 4.29. The molecule has 4 nitrogen and oxygen atoms in total. The molecule has 3 aromatic rings. The Morgan fingerprint density at radius 3 is 2.44 bits per heavy atom. The number of carbonyl (C=O) groups excluding carboxylic acids is 1. The van der Waals surface area contributed by atoms with Gasteiger partial charge in [0.25, 0.3) is 0 Å². The third-order valence-corrected chi connectivity index (χ3v) is 6.40. The lowest BCUT2D eigenvalue weighted by atomic mass is 9.77. The average Bonchev–Trinajstić information content (AvgIpc) is 2.96. The van der Waals surface area contributed by atoms with Crippen molar-refractivity contribution in [2.45, 2.75) is 38.8 Å². The quantitative estimate of drug-likeness (QED) is 0.405. The smallest absolute Gasteiger partial charge is 0.242 e. The van der Waals surface area contributed by atoms with Crippen LogP contribution >= 0.6 is 23.2 Å². The Bertz CT molecular complexity index is 1180. The Morgan fingerprint density at radius 2 is 1.75 bits per heavy atom. The van der Waals surface area contributed by atoms with E-state index < -0.39 is 5.41 Å². The van der Waals surface area contributed by atoms with Gasteiger partial charge in [-0.25, -0.2) is 0 Å². The summed E-state index contributed by atoms with van der Waals surface area (Å²) in [5.74, 6) is 1.33. The van der Waals surface area contributed by atoms with Crippen molar-refractivity contribution in [3.05, 3.63) is 87.4 Å². The summed E-state index contributed by atoms with van der Waals surface area (Å²) in [4.78, 5) is 15.7. The lowest BCUT2D eigenvalue weighted by Gasteiger charge is -2.26. The Balaban J connectivity index is 1.79. The van der Waals surface area contributed by atoms with Crippen molar-refractivity contribution < 1.29 is 14.3 Å². The molecule has 0 saturated carbocycles. The predicted octanol–water partition coefficient (Wildman–Crippen LogP) is 6.64.